The molecule has 0 amide bonds. The molecule has 3 atom stereocenters. The van der Waals surface area contributed by atoms with Crippen molar-refractivity contribution in [1.82, 2.24) is 4.98 Å². The Morgan fingerprint density at radius 3 is 2.80 bits per heavy atom. The Bertz CT molecular complexity index is 450. The lowest BCUT2D eigenvalue weighted by atomic mass is 9.76. The number of alkyl halides is 3. The minimum Gasteiger partial charge on any atom is -0.327 e. The summed E-state index contributed by atoms with van der Waals surface area (Å²) >= 11 is 6.01. The van der Waals surface area contributed by atoms with Crippen LogP contribution >= 0.6 is 11.6 Å². The molecule has 1 fully saturated rings. The highest BCUT2D eigenvalue weighted by Gasteiger charge is 2.43. The summed E-state index contributed by atoms with van der Waals surface area (Å²) < 4.78 is 38.4. The van der Waals surface area contributed by atoms with Gasteiger partial charge in [0.1, 0.15) is 0 Å². The van der Waals surface area contributed by atoms with E-state index >= 15 is 0 Å². The number of pyridine rings is 1. The number of halogens is 4. The Balaban J connectivity index is 1.99. The predicted octanol–water partition coefficient (Wildman–Crippen LogP) is 3.97. The third kappa shape index (κ3) is 3.85. The minimum absolute atomic E-state index is 0.0976. The summed E-state index contributed by atoms with van der Waals surface area (Å²) in [6.45, 7) is 0. The fourth-order valence-electron chi connectivity index (χ4n) is 2.90. The molecule has 3 unspecified atom stereocenters. The van der Waals surface area contributed by atoms with E-state index in [1.54, 1.807) is 12.3 Å². The van der Waals surface area contributed by atoms with Crippen LogP contribution in [0.4, 0.5) is 13.2 Å². The number of hydrogen-bond acceptors (Lipinski definition) is 2. The van der Waals surface area contributed by atoms with Gasteiger partial charge in [0.15, 0.2) is 0 Å². The van der Waals surface area contributed by atoms with Crippen LogP contribution in [0, 0.1) is 11.8 Å². The van der Waals surface area contributed by atoms with Crippen molar-refractivity contribution in [3.8, 4) is 0 Å². The first-order chi connectivity index (χ1) is 9.38. The van der Waals surface area contributed by atoms with Gasteiger partial charge in [-0.05, 0) is 43.2 Å². The van der Waals surface area contributed by atoms with Gasteiger partial charge in [-0.3, -0.25) is 4.98 Å². The Morgan fingerprint density at radius 2 is 2.15 bits per heavy atom. The number of hydrogen-bond donors (Lipinski definition) is 1. The molecular weight excluding hydrogens is 289 g/mol. The van der Waals surface area contributed by atoms with Gasteiger partial charge in [-0.25, -0.2) is 0 Å². The van der Waals surface area contributed by atoms with E-state index in [-0.39, 0.29) is 24.8 Å². The van der Waals surface area contributed by atoms with Crippen molar-refractivity contribution >= 4 is 11.6 Å². The first-order valence-corrected chi connectivity index (χ1v) is 7.16. The molecule has 0 aromatic carbocycles. The van der Waals surface area contributed by atoms with Gasteiger partial charge in [-0.1, -0.05) is 18.0 Å². The Kier molecular flexibility index (Phi) is 4.91. The van der Waals surface area contributed by atoms with Gasteiger partial charge in [0.2, 0.25) is 0 Å². The summed E-state index contributed by atoms with van der Waals surface area (Å²) in [6.07, 6.45) is 1.25. The SMILES string of the molecule is NC(Cc1ccncc1Cl)C1CCCC(C(F)(F)F)C1. The van der Waals surface area contributed by atoms with Crippen LogP contribution in [0.25, 0.3) is 0 Å². The van der Waals surface area contributed by atoms with E-state index in [4.69, 9.17) is 17.3 Å². The van der Waals surface area contributed by atoms with Crippen molar-refractivity contribution in [2.75, 3.05) is 0 Å². The molecule has 1 heterocycles. The second kappa shape index (κ2) is 6.31. The number of aromatic nitrogens is 1. The van der Waals surface area contributed by atoms with Gasteiger partial charge in [-0.2, -0.15) is 13.2 Å². The third-order valence-electron chi connectivity index (χ3n) is 4.10. The molecule has 1 saturated carbocycles. The lowest BCUT2D eigenvalue weighted by molar-refractivity contribution is -0.186. The monoisotopic (exact) mass is 306 g/mol. The van der Waals surface area contributed by atoms with Crippen LogP contribution in [0.3, 0.4) is 0 Å². The fourth-order valence-corrected chi connectivity index (χ4v) is 3.10. The molecule has 0 saturated heterocycles. The second-order valence-electron chi connectivity index (χ2n) is 5.50. The Hall–Kier alpha value is -0.810. The van der Waals surface area contributed by atoms with E-state index in [0.29, 0.717) is 17.9 Å². The van der Waals surface area contributed by atoms with Crippen molar-refractivity contribution in [2.24, 2.45) is 17.6 Å². The molecule has 1 aromatic heterocycles. The molecule has 2 nitrogen and oxygen atoms in total. The lowest BCUT2D eigenvalue weighted by Gasteiger charge is -2.34. The first-order valence-electron chi connectivity index (χ1n) is 6.78. The lowest BCUT2D eigenvalue weighted by Crippen LogP contribution is -2.38. The highest BCUT2D eigenvalue weighted by atomic mass is 35.5. The smallest absolute Gasteiger partial charge is 0.327 e. The third-order valence-corrected chi connectivity index (χ3v) is 4.44. The maximum absolute atomic E-state index is 12.8. The number of nitrogens with two attached hydrogens (primary N) is 1. The zero-order chi connectivity index (χ0) is 14.8. The van der Waals surface area contributed by atoms with Crippen LogP contribution in [0.15, 0.2) is 18.5 Å². The standard InChI is InChI=1S/C14H18ClF3N2/c15-12-8-20-5-4-9(12)7-13(19)10-2-1-3-11(6-10)14(16,17)18/h4-5,8,10-11,13H,1-3,6-7,19H2. The second-order valence-corrected chi connectivity index (χ2v) is 5.91. The maximum atomic E-state index is 12.8. The van der Waals surface area contributed by atoms with Crippen molar-refractivity contribution in [3.63, 3.8) is 0 Å². The molecule has 0 bridgehead atoms. The largest absolute Gasteiger partial charge is 0.391 e. The van der Waals surface area contributed by atoms with E-state index in [2.05, 4.69) is 4.98 Å². The minimum atomic E-state index is -4.10. The topological polar surface area (TPSA) is 38.9 Å². The van der Waals surface area contributed by atoms with Gasteiger partial charge in [0.25, 0.3) is 0 Å². The summed E-state index contributed by atoms with van der Waals surface area (Å²) in [4.78, 5) is 3.89. The average molecular weight is 307 g/mol. The normalized spacial score (nSPS) is 25.4. The van der Waals surface area contributed by atoms with Crippen LogP contribution < -0.4 is 5.73 Å². The van der Waals surface area contributed by atoms with Gasteiger partial charge in [0, 0.05) is 18.4 Å². The molecule has 0 radical (unpaired) electrons. The van der Waals surface area contributed by atoms with Crippen molar-refractivity contribution < 1.29 is 13.2 Å². The molecule has 2 rings (SSSR count). The molecule has 6 heteroatoms. The molecule has 1 aromatic rings. The van der Waals surface area contributed by atoms with Gasteiger partial charge >= 0.3 is 6.18 Å². The van der Waals surface area contributed by atoms with Crippen LogP contribution in [-0.4, -0.2) is 17.2 Å². The zero-order valence-corrected chi connectivity index (χ0v) is 11.8. The summed E-state index contributed by atoms with van der Waals surface area (Å²) in [7, 11) is 0. The number of rotatable bonds is 3. The predicted molar refractivity (Wildman–Crippen MR) is 72.4 cm³/mol. The molecule has 112 valence electrons. The van der Waals surface area contributed by atoms with E-state index in [1.165, 1.54) is 6.20 Å². The molecule has 0 spiro atoms. The molecule has 20 heavy (non-hydrogen) atoms. The van der Waals surface area contributed by atoms with E-state index < -0.39 is 12.1 Å². The summed E-state index contributed by atoms with van der Waals surface area (Å²) in [5.41, 5.74) is 6.96. The van der Waals surface area contributed by atoms with Crippen LogP contribution in [0.2, 0.25) is 5.02 Å². The Labute approximate surface area is 121 Å². The van der Waals surface area contributed by atoms with Crippen LogP contribution in [0.5, 0.6) is 0 Å². The van der Waals surface area contributed by atoms with Crippen LogP contribution in [-0.2, 0) is 6.42 Å². The molecule has 0 aliphatic heterocycles. The van der Waals surface area contributed by atoms with E-state index in [9.17, 15) is 13.2 Å². The maximum Gasteiger partial charge on any atom is 0.391 e. The molecule has 1 aliphatic carbocycles. The average Bonchev–Trinajstić information content (AvgIpc) is 2.40. The molecule has 1 aliphatic rings. The fraction of sp³-hybridized carbons (Fsp3) is 0.643. The highest BCUT2D eigenvalue weighted by molar-refractivity contribution is 6.31. The zero-order valence-electron chi connectivity index (χ0n) is 11.0. The van der Waals surface area contributed by atoms with Crippen LogP contribution in [0.1, 0.15) is 31.2 Å². The quantitative estimate of drug-likeness (QED) is 0.917. The molecule has 2 N–H and O–H groups in total. The van der Waals surface area contributed by atoms with Crippen molar-refractivity contribution in [1.29, 1.82) is 0 Å². The van der Waals surface area contributed by atoms with Gasteiger partial charge in [0.05, 0.1) is 10.9 Å². The van der Waals surface area contributed by atoms with Gasteiger partial charge in [-0.15, -0.1) is 0 Å². The summed E-state index contributed by atoms with van der Waals surface area (Å²) in [5.74, 6) is -1.31. The van der Waals surface area contributed by atoms with Crippen molar-refractivity contribution in [2.45, 2.75) is 44.3 Å². The number of nitrogens with zero attached hydrogens (tertiary/aromatic N) is 1. The Morgan fingerprint density at radius 1 is 1.40 bits per heavy atom. The summed E-state index contributed by atoms with van der Waals surface area (Å²) in [5, 5.41) is 0.520. The van der Waals surface area contributed by atoms with Gasteiger partial charge < -0.3 is 5.73 Å². The highest BCUT2D eigenvalue weighted by Crippen LogP contribution is 2.41. The molecular formula is C14H18ClF3N2. The summed E-state index contributed by atoms with van der Waals surface area (Å²) in [6, 6.07) is 1.48. The first kappa shape index (κ1) is 15.6. The van der Waals surface area contributed by atoms with E-state index in [0.717, 1.165) is 12.0 Å². The van der Waals surface area contributed by atoms with Crippen molar-refractivity contribution in [3.05, 3.63) is 29.0 Å². The van der Waals surface area contributed by atoms with E-state index in [1.807, 2.05) is 0 Å².